The van der Waals surface area contributed by atoms with Gasteiger partial charge in [-0.05, 0) is 69.6 Å². The summed E-state index contributed by atoms with van der Waals surface area (Å²) < 4.78 is 10.0. The van der Waals surface area contributed by atoms with E-state index in [0.29, 0.717) is 0 Å². The molecular weight excluding hydrogens is 240 g/mol. The van der Waals surface area contributed by atoms with E-state index in [2.05, 4.69) is 0 Å². The molecule has 4 nitrogen and oxygen atoms in total. The maximum atomic E-state index is 8.51. The largest absolute Gasteiger partial charge is 0.424 e. The molecule has 0 spiro atoms. The van der Waals surface area contributed by atoms with Crippen molar-refractivity contribution in [1.29, 1.82) is 10.5 Å². The van der Waals surface area contributed by atoms with Gasteiger partial charge in [0.15, 0.2) is 0 Å². The molecule has 0 heterocycles. The summed E-state index contributed by atoms with van der Waals surface area (Å²) in [6.45, 7) is 0. The molecule has 4 heteroatoms. The summed E-state index contributed by atoms with van der Waals surface area (Å²) >= 11 is 0. The third-order valence-corrected chi connectivity index (χ3v) is 4.69. The highest BCUT2D eigenvalue weighted by atomic mass is 16.5. The Labute approximate surface area is 115 Å². The van der Waals surface area contributed by atoms with Crippen molar-refractivity contribution in [1.82, 2.24) is 0 Å². The molecule has 0 bridgehead atoms. The Bertz CT molecular complexity index is 308. The number of hydrogen-bond donors (Lipinski definition) is 0. The van der Waals surface area contributed by atoms with Crippen LogP contribution in [0.5, 0.6) is 0 Å². The van der Waals surface area contributed by atoms with Gasteiger partial charge in [-0.1, -0.05) is 0 Å². The van der Waals surface area contributed by atoms with E-state index in [-0.39, 0.29) is 12.2 Å². The van der Waals surface area contributed by atoms with E-state index in [1.165, 1.54) is 32.1 Å². The zero-order chi connectivity index (χ0) is 13.5. The Hall–Kier alpha value is -1.42. The monoisotopic (exact) mass is 262 g/mol. The Morgan fingerprint density at radius 2 is 1.05 bits per heavy atom. The fourth-order valence-corrected chi connectivity index (χ4v) is 3.59. The maximum absolute atomic E-state index is 8.51. The van der Waals surface area contributed by atoms with Crippen molar-refractivity contribution in [2.24, 2.45) is 11.8 Å². The van der Waals surface area contributed by atoms with Crippen LogP contribution in [0.15, 0.2) is 0 Å². The smallest absolute Gasteiger partial charge is 0.286 e. The summed E-state index contributed by atoms with van der Waals surface area (Å²) in [7, 11) is 0. The Morgan fingerprint density at radius 3 is 1.37 bits per heavy atom. The molecule has 2 rings (SSSR count). The molecule has 0 aliphatic heterocycles. The highest BCUT2D eigenvalue weighted by molar-refractivity contribution is 4.80. The number of nitrogens with zero attached hydrogens (tertiary/aromatic N) is 2. The van der Waals surface area contributed by atoms with Gasteiger partial charge in [0.2, 0.25) is 0 Å². The van der Waals surface area contributed by atoms with E-state index in [9.17, 15) is 0 Å². The van der Waals surface area contributed by atoms with Gasteiger partial charge in [0, 0.05) is 0 Å². The lowest BCUT2D eigenvalue weighted by atomic mass is 9.76. The van der Waals surface area contributed by atoms with E-state index < -0.39 is 0 Å². The Morgan fingerprint density at radius 1 is 0.684 bits per heavy atom. The minimum atomic E-state index is 0.168. The number of nitriles is 2. The molecule has 0 aromatic rings. The number of rotatable bonds is 4. The van der Waals surface area contributed by atoms with Crippen molar-refractivity contribution >= 4 is 0 Å². The van der Waals surface area contributed by atoms with Crippen molar-refractivity contribution in [2.75, 3.05) is 0 Å². The van der Waals surface area contributed by atoms with Gasteiger partial charge in [0.05, 0.1) is 0 Å². The molecule has 0 aromatic heterocycles. The van der Waals surface area contributed by atoms with E-state index in [1.807, 2.05) is 12.5 Å². The molecule has 0 aromatic carbocycles. The SMILES string of the molecule is N#COC1CCC(CC2CCC(OC#N)CC2)CC1. The topological polar surface area (TPSA) is 66.0 Å². The van der Waals surface area contributed by atoms with Gasteiger partial charge in [-0.15, -0.1) is 0 Å². The van der Waals surface area contributed by atoms with E-state index in [1.54, 1.807) is 0 Å². The van der Waals surface area contributed by atoms with Crippen LogP contribution in [-0.2, 0) is 9.47 Å². The Balaban J connectivity index is 1.64. The molecule has 2 fully saturated rings. The van der Waals surface area contributed by atoms with Gasteiger partial charge >= 0.3 is 0 Å². The van der Waals surface area contributed by atoms with Crippen LogP contribution < -0.4 is 0 Å². The van der Waals surface area contributed by atoms with Crippen LogP contribution in [0.4, 0.5) is 0 Å². The van der Waals surface area contributed by atoms with Crippen molar-refractivity contribution in [3.8, 4) is 12.5 Å². The van der Waals surface area contributed by atoms with Gasteiger partial charge in [-0.3, -0.25) is 0 Å². The average molecular weight is 262 g/mol. The first-order valence-corrected chi connectivity index (χ1v) is 7.41. The van der Waals surface area contributed by atoms with Gasteiger partial charge in [0.1, 0.15) is 12.2 Å². The molecule has 0 atom stereocenters. The van der Waals surface area contributed by atoms with Gasteiger partial charge in [-0.2, -0.15) is 10.5 Å². The first-order valence-electron chi connectivity index (χ1n) is 7.41. The zero-order valence-corrected chi connectivity index (χ0v) is 11.4. The van der Waals surface area contributed by atoms with Crippen molar-refractivity contribution in [3.63, 3.8) is 0 Å². The second-order valence-electron chi connectivity index (χ2n) is 5.94. The third kappa shape index (κ3) is 4.31. The minimum absolute atomic E-state index is 0.168. The third-order valence-electron chi connectivity index (χ3n) is 4.69. The summed E-state index contributed by atoms with van der Waals surface area (Å²) in [6.07, 6.45) is 14.2. The number of ether oxygens (including phenoxy) is 2. The minimum Gasteiger partial charge on any atom is -0.424 e. The quantitative estimate of drug-likeness (QED) is 0.727. The molecule has 0 unspecified atom stereocenters. The Kier molecular flexibility index (Phi) is 5.33. The van der Waals surface area contributed by atoms with Gasteiger partial charge in [-0.25, -0.2) is 0 Å². The highest BCUT2D eigenvalue weighted by Crippen LogP contribution is 2.36. The predicted octanol–water partition coefficient (Wildman–Crippen LogP) is 3.49. The summed E-state index contributed by atoms with van der Waals surface area (Å²) in [6, 6.07) is 0. The highest BCUT2D eigenvalue weighted by Gasteiger charge is 2.27. The fraction of sp³-hybridized carbons (Fsp3) is 0.867. The van der Waals surface area contributed by atoms with Crippen LogP contribution in [0.3, 0.4) is 0 Å². The van der Waals surface area contributed by atoms with E-state index >= 15 is 0 Å². The fourth-order valence-electron chi connectivity index (χ4n) is 3.59. The molecular formula is C15H22N2O2. The lowest BCUT2D eigenvalue weighted by molar-refractivity contribution is 0.0747. The molecule has 0 saturated heterocycles. The summed E-state index contributed by atoms with van der Waals surface area (Å²) in [5, 5.41) is 17.0. The average Bonchev–Trinajstić information content (AvgIpc) is 2.44. The maximum Gasteiger partial charge on any atom is 0.286 e. The standard InChI is InChI=1S/C15H22N2O2/c16-10-18-14-5-1-12(2-6-14)9-13-3-7-15(8-4-13)19-11-17/h12-15H,1-9H2. The van der Waals surface area contributed by atoms with Crippen molar-refractivity contribution in [3.05, 3.63) is 0 Å². The molecule has 0 radical (unpaired) electrons. The first kappa shape index (κ1) is 14.0. The second kappa shape index (κ2) is 7.24. The van der Waals surface area contributed by atoms with Gasteiger partial charge < -0.3 is 9.47 Å². The summed E-state index contributed by atoms with van der Waals surface area (Å²) in [4.78, 5) is 0. The van der Waals surface area contributed by atoms with Crippen molar-refractivity contribution < 1.29 is 9.47 Å². The molecule has 0 N–H and O–H groups in total. The molecule has 2 saturated carbocycles. The van der Waals surface area contributed by atoms with E-state index in [4.69, 9.17) is 20.0 Å². The first-order chi connectivity index (χ1) is 9.31. The molecule has 2 aliphatic rings. The van der Waals surface area contributed by atoms with Crippen molar-refractivity contribution in [2.45, 2.75) is 70.0 Å². The lowest BCUT2D eigenvalue weighted by Crippen LogP contribution is -2.25. The predicted molar refractivity (Wildman–Crippen MR) is 69.5 cm³/mol. The summed E-state index contributed by atoms with van der Waals surface area (Å²) in [5.74, 6) is 1.61. The molecule has 0 amide bonds. The molecule has 104 valence electrons. The molecule has 19 heavy (non-hydrogen) atoms. The molecule has 2 aliphatic carbocycles. The van der Waals surface area contributed by atoms with Crippen LogP contribution >= 0.6 is 0 Å². The van der Waals surface area contributed by atoms with Crippen LogP contribution in [-0.4, -0.2) is 12.2 Å². The van der Waals surface area contributed by atoms with E-state index in [0.717, 1.165) is 37.5 Å². The van der Waals surface area contributed by atoms with Gasteiger partial charge in [0.25, 0.3) is 12.5 Å². The summed E-state index contributed by atoms with van der Waals surface area (Å²) in [5.41, 5.74) is 0. The van der Waals surface area contributed by atoms with Crippen LogP contribution in [0.2, 0.25) is 0 Å². The zero-order valence-electron chi connectivity index (χ0n) is 11.4. The van der Waals surface area contributed by atoms with Crippen LogP contribution in [0, 0.1) is 34.9 Å². The van der Waals surface area contributed by atoms with Crippen LogP contribution in [0.1, 0.15) is 57.8 Å². The lowest BCUT2D eigenvalue weighted by Gasteiger charge is -2.32. The normalized spacial score (nSPS) is 34.8. The second-order valence-corrected chi connectivity index (χ2v) is 5.94. The van der Waals surface area contributed by atoms with Crippen LogP contribution in [0.25, 0.3) is 0 Å². The number of hydrogen-bond acceptors (Lipinski definition) is 4.